The minimum absolute atomic E-state index is 0.0908. The van der Waals surface area contributed by atoms with Crippen molar-refractivity contribution in [1.29, 1.82) is 0 Å². The van der Waals surface area contributed by atoms with Gasteiger partial charge < -0.3 is 41.0 Å². The molecule has 24 heteroatoms. The van der Waals surface area contributed by atoms with Crippen molar-refractivity contribution in [3.05, 3.63) is 19.0 Å². The summed E-state index contributed by atoms with van der Waals surface area (Å²) < 4.78 is 81.8. The fourth-order valence-electron chi connectivity index (χ4n) is 5.45. The zero-order chi connectivity index (χ0) is 33.3. The molecule has 7 N–H and O–H groups in total. The Bertz CT molecular complexity index is 1630. The summed E-state index contributed by atoms with van der Waals surface area (Å²) in [4.78, 5) is 21.8. The SMILES string of the molecule is CNCOCC1OC(N2CNc3c(N)ncnc32)C(F)C1OP(=O)(OC)OCC1OC(n2cnc3c(N)ncnc32)C(OP=O)C1O. The van der Waals surface area contributed by atoms with Crippen LogP contribution in [0, 0.1) is 0 Å². The van der Waals surface area contributed by atoms with Crippen molar-refractivity contribution in [2.24, 2.45) is 0 Å². The molecule has 256 valence electrons. The molecule has 0 aliphatic carbocycles. The Morgan fingerprint density at radius 3 is 2.66 bits per heavy atom. The molecule has 0 saturated carbocycles. The molecule has 6 rings (SSSR count). The Balaban J connectivity index is 1.18. The van der Waals surface area contributed by atoms with Crippen molar-refractivity contribution in [3.8, 4) is 0 Å². The van der Waals surface area contributed by atoms with Gasteiger partial charge in [0.05, 0.1) is 32.9 Å². The average molecular weight is 704 g/mol. The molecule has 2 fully saturated rings. The molecule has 0 spiro atoms. The molecule has 0 radical (unpaired) electrons. The second kappa shape index (κ2) is 14.1. The van der Waals surface area contributed by atoms with Crippen LogP contribution in [0.15, 0.2) is 19.0 Å². The normalized spacial score (nSPS) is 30.2. The van der Waals surface area contributed by atoms with Gasteiger partial charge in [0.2, 0.25) is 0 Å². The van der Waals surface area contributed by atoms with Crippen LogP contribution in [-0.2, 0) is 41.4 Å². The van der Waals surface area contributed by atoms with E-state index in [1.165, 1.54) is 28.4 Å². The lowest BCUT2D eigenvalue weighted by Crippen LogP contribution is -2.43. The predicted molar refractivity (Wildman–Crippen MR) is 158 cm³/mol. The van der Waals surface area contributed by atoms with E-state index < -0.39 is 72.3 Å². The number of hydrogen-bond donors (Lipinski definition) is 5. The van der Waals surface area contributed by atoms with Crippen LogP contribution >= 0.6 is 16.5 Å². The highest BCUT2D eigenvalue weighted by Gasteiger charge is 2.54. The molecule has 3 aliphatic heterocycles. The van der Waals surface area contributed by atoms with Crippen LogP contribution in [0.3, 0.4) is 0 Å². The molecule has 3 aromatic heterocycles. The molecule has 9 atom stereocenters. The van der Waals surface area contributed by atoms with Gasteiger partial charge in [0.25, 0.3) is 0 Å². The number of nitrogens with two attached hydrogens (primary N) is 2. The highest BCUT2D eigenvalue weighted by molar-refractivity contribution is 7.48. The quantitative estimate of drug-likeness (QED) is 0.0835. The topological polar surface area (TPSA) is 268 Å². The number of aliphatic hydroxyl groups is 1. The van der Waals surface area contributed by atoms with E-state index in [4.69, 9.17) is 43.8 Å². The lowest BCUT2D eigenvalue weighted by atomic mass is 10.1. The third-order valence-electron chi connectivity index (χ3n) is 7.67. The number of rotatable bonds is 14. The summed E-state index contributed by atoms with van der Waals surface area (Å²) in [6.07, 6.45) is -7.00. The van der Waals surface area contributed by atoms with Crippen molar-refractivity contribution >= 4 is 50.8 Å². The zero-order valence-corrected chi connectivity index (χ0v) is 26.6. The average Bonchev–Trinajstić information content (AvgIpc) is 3.83. The van der Waals surface area contributed by atoms with Crippen molar-refractivity contribution in [2.45, 2.75) is 49.1 Å². The first-order valence-electron chi connectivity index (χ1n) is 14.1. The van der Waals surface area contributed by atoms with Crippen LogP contribution in [-0.4, -0.2) is 118 Å². The van der Waals surface area contributed by atoms with Gasteiger partial charge >= 0.3 is 16.5 Å². The van der Waals surface area contributed by atoms with Crippen LogP contribution in [0.1, 0.15) is 6.23 Å². The van der Waals surface area contributed by atoms with Gasteiger partial charge in [-0.05, 0) is 7.05 Å². The lowest BCUT2D eigenvalue weighted by molar-refractivity contribution is -0.0610. The monoisotopic (exact) mass is 703 g/mol. The number of phosphoric ester groups is 1. The second-order valence-corrected chi connectivity index (χ2v) is 12.5. The fourth-order valence-corrected chi connectivity index (χ4v) is 6.91. The number of ether oxygens (including phenoxy) is 3. The smallest absolute Gasteiger partial charge is 0.387 e. The minimum atomic E-state index is -4.56. The first-order chi connectivity index (χ1) is 22.7. The van der Waals surface area contributed by atoms with Crippen LogP contribution in [0.2, 0.25) is 0 Å². The van der Waals surface area contributed by atoms with E-state index in [1.54, 1.807) is 7.05 Å². The first-order valence-corrected chi connectivity index (χ1v) is 16.2. The van der Waals surface area contributed by atoms with Gasteiger partial charge in [-0.15, -0.1) is 0 Å². The Morgan fingerprint density at radius 2 is 1.89 bits per heavy atom. The summed E-state index contributed by atoms with van der Waals surface area (Å²) in [5.74, 6) is 0.582. The highest BCUT2D eigenvalue weighted by atomic mass is 31.2. The van der Waals surface area contributed by atoms with Crippen molar-refractivity contribution in [1.82, 2.24) is 34.8 Å². The number of nitrogens with zero attached hydrogens (tertiary/aromatic N) is 7. The van der Waals surface area contributed by atoms with E-state index in [0.717, 1.165) is 7.11 Å². The minimum Gasteiger partial charge on any atom is -0.387 e. The van der Waals surface area contributed by atoms with Gasteiger partial charge in [-0.25, -0.2) is 38.4 Å². The van der Waals surface area contributed by atoms with E-state index >= 15 is 4.39 Å². The molecule has 3 aromatic rings. The molecule has 3 aliphatic rings. The summed E-state index contributed by atoms with van der Waals surface area (Å²) in [5.41, 5.74) is 12.7. The third-order valence-corrected chi connectivity index (χ3v) is 9.41. The molecular weight excluding hydrogens is 671 g/mol. The molecule has 21 nitrogen and oxygen atoms in total. The molecular formula is C23H32FN11O10P2. The Kier molecular flexibility index (Phi) is 10.1. The zero-order valence-electron chi connectivity index (χ0n) is 24.9. The molecule has 0 bridgehead atoms. The molecule has 0 aromatic carbocycles. The number of nitrogen functional groups attached to an aromatic ring is 2. The Labute approximate surface area is 267 Å². The number of alkyl halides is 1. The number of nitrogens with one attached hydrogen (secondary N) is 2. The summed E-state index contributed by atoms with van der Waals surface area (Å²) in [6.45, 7) is -0.539. The van der Waals surface area contributed by atoms with Crippen LogP contribution < -0.4 is 27.0 Å². The molecule has 6 heterocycles. The van der Waals surface area contributed by atoms with Crippen molar-refractivity contribution in [3.63, 3.8) is 0 Å². The molecule has 47 heavy (non-hydrogen) atoms. The molecule has 9 unspecified atom stereocenters. The predicted octanol–water partition coefficient (Wildman–Crippen LogP) is -0.0667. The van der Waals surface area contributed by atoms with Gasteiger partial charge in [0.1, 0.15) is 54.4 Å². The second-order valence-electron chi connectivity index (χ2n) is 10.4. The number of halogens is 1. The maximum absolute atomic E-state index is 16.2. The summed E-state index contributed by atoms with van der Waals surface area (Å²) in [7, 11) is -2.61. The van der Waals surface area contributed by atoms with Crippen LogP contribution in [0.5, 0.6) is 0 Å². The number of phosphoric acid groups is 1. The van der Waals surface area contributed by atoms with E-state index in [-0.39, 0.29) is 42.8 Å². The van der Waals surface area contributed by atoms with Crippen LogP contribution in [0.25, 0.3) is 11.2 Å². The largest absolute Gasteiger partial charge is 0.475 e. The van der Waals surface area contributed by atoms with Gasteiger partial charge in [0, 0.05) is 7.11 Å². The summed E-state index contributed by atoms with van der Waals surface area (Å²) in [6, 6.07) is 0. The van der Waals surface area contributed by atoms with E-state index in [1.807, 2.05) is 0 Å². The third kappa shape index (κ3) is 6.46. The Hall–Kier alpha value is -3.27. The van der Waals surface area contributed by atoms with Gasteiger partial charge in [0.15, 0.2) is 41.7 Å². The maximum Gasteiger partial charge on any atom is 0.475 e. The highest BCUT2D eigenvalue weighted by Crippen LogP contribution is 2.53. The van der Waals surface area contributed by atoms with E-state index in [9.17, 15) is 14.2 Å². The molecule has 0 amide bonds. The number of fused-ring (bicyclic) bond motifs is 2. The summed E-state index contributed by atoms with van der Waals surface area (Å²) >= 11 is 0. The maximum atomic E-state index is 16.2. The molecule has 2 saturated heterocycles. The van der Waals surface area contributed by atoms with Crippen molar-refractivity contribution < 1.29 is 50.9 Å². The number of aliphatic hydroxyl groups excluding tert-OH is 1. The lowest BCUT2D eigenvalue weighted by Gasteiger charge is -2.26. The van der Waals surface area contributed by atoms with Gasteiger partial charge in [-0.1, -0.05) is 0 Å². The van der Waals surface area contributed by atoms with Crippen molar-refractivity contribution in [2.75, 3.05) is 62.5 Å². The first kappa shape index (κ1) is 33.6. The number of hydrogen-bond acceptors (Lipinski definition) is 20. The van der Waals surface area contributed by atoms with Gasteiger partial charge in [-0.3, -0.25) is 28.0 Å². The van der Waals surface area contributed by atoms with E-state index in [0.29, 0.717) is 11.5 Å². The number of imidazole rings is 1. The fraction of sp³-hybridized carbons (Fsp3) is 0.609. The number of aromatic nitrogens is 6. The van der Waals surface area contributed by atoms with Crippen LogP contribution in [0.4, 0.5) is 27.5 Å². The standard InChI is InChI=1S/C23H32FN11O10P2/c1-27-9-40-3-11-16(12(24)22(43-11)34-7-32-13-18(25)28-5-30-20(13)34)45-47(38,39-2)41-4-10-15(36)17(44-46-37)23(42-10)35-8-33-14-19(26)29-6-31-21(14)35/h5-6,8,10-12,15-17,22-23,27,32,36H,3-4,7,9H2,1-2H3,(H2,25,28,30)(H2,26,29,31). The van der Waals surface area contributed by atoms with E-state index in [2.05, 4.69) is 35.6 Å². The number of anilines is 4. The summed E-state index contributed by atoms with van der Waals surface area (Å²) in [5, 5.41) is 16.8. The van der Waals surface area contributed by atoms with Gasteiger partial charge in [-0.2, -0.15) is 0 Å². The Morgan fingerprint density at radius 1 is 1.13 bits per heavy atom.